The minimum atomic E-state index is -0.500. The predicted molar refractivity (Wildman–Crippen MR) is 91.8 cm³/mol. The first-order chi connectivity index (χ1) is 12.0. The van der Waals surface area contributed by atoms with Gasteiger partial charge in [0.1, 0.15) is 11.5 Å². The lowest BCUT2D eigenvalue weighted by atomic mass is 10.1. The maximum Gasteiger partial charge on any atom is 0.237 e. The van der Waals surface area contributed by atoms with Crippen LogP contribution in [0, 0.1) is 13.8 Å². The Morgan fingerprint density at radius 3 is 3.00 bits per heavy atom. The van der Waals surface area contributed by atoms with Gasteiger partial charge in [-0.1, -0.05) is 4.49 Å². The van der Waals surface area contributed by atoms with E-state index in [0.717, 1.165) is 22.1 Å². The van der Waals surface area contributed by atoms with Crippen molar-refractivity contribution >= 4 is 23.3 Å². The van der Waals surface area contributed by atoms with E-state index >= 15 is 0 Å². The molecule has 0 unspecified atom stereocenters. The lowest BCUT2D eigenvalue weighted by molar-refractivity contribution is -0.134. The highest BCUT2D eigenvalue weighted by Gasteiger charge is 2.32. The minimum Gasteiger partial charge on any atom is -0.465 e. The molecule has 1 aliphatic heterocycles. The largest absolute Gasteiger partial charge is 0.465 e. The number of aryl methyl sites for hydroxylation is 2. The van der Waals surface area contributed by atoms with E-state index < -0.39 is 6.04 Å². The molecule has 0 bridgehead atoms. The molecule has 134 valence electrons. The number of carbonyl (C=O) groups is 2. The summed E-state index contributed by atoms with van der Waals surface area (Å²) in [7, 11) is 0. The normalized spacial score (nSPS) is 18.2. The van der Waals surface area contributed by atoms with Gasteiger partial charge in [0.2, 0.25) is 11.8 Å². The zero-order valence-electron chi connectivity index (χ0n) is 14.2. The molecule has 2 amide bonds. The third-order valence-electron chi connectivity index (χ3n) is 4.17. The molecule has 3 heterocycles. The first kappa shape index (κ1) is 17.6. The van der Waals surface area contributed by atoms with E-state index in [0.29, 0.717) is 26.2 Å². The molecule has 2 aromatic heterocycles. The Labute approximate surface area is 149 Å². The van der Waals surface area contributed by atoms with Crippen LogP contribution in [0.25, 0.3) is 0 Å². The summed E-state index contributed by atoms with van der Waals surface area (Å²) in [6.07, 6.45) is 0.108. The Kier molecular flexibility index (Phi) is 5.44. The number of rotatable bonds is 6. The van der Waals surface area contributed by atoms with Gasteiger partial charge in [0.15, 0.2) is 0 Å². The van der Waals surface area contributed by atoms with Gasteiger partial charge in [-0.2, -0.15) is 0 Å². The zero-order chi connectivity index (χ0) is 17.8. The van der Waals surface area contributed by atoms with Gasteiger partial charge < -0.3 is 15.1 Å². The number of piperazine rings is 1. The Hall–Kier alpha value is -2.26. The number of carbonyl (C=O) groups excluding carboxylic acids is 2. The van der Waals surface area contributed by atoms with E-state index in [4.69, 9.17) is 4.42 Å². The fourth-order valence-electron chi connectivity index (χ4n) is 2.78. The van der Waals surface area contributed by atoms with Crippen molar-refractivity contribution in [3.63, 3.8) is 0 Å². The molecule has 0 radical (unpaired) electrons. The van der Waals surface area contributed by atoms with Gasteiger partial charge in [0.05, 0.1) is 36.1 Å². The summed E-state index contributed by atoms with van der Waals surface area (Å²) in [5, 5.41) is 9.59. The summed E-state index contributed by atoms with van der Waals surface area (Å²) >= 11 is 1.26. The Morgan fingerprint density at radius 2 is 2.32 bits per heavy atom. The number of amides is 2. The van der Waals surface area contributed by atoms with Crippen molar-refractivity contribution in [1.29, 1.82) is 0 Å². The molecular formula is C16H21N5O3S. The summed E-state index contributed by atoms with van der Waals surface area (Å²) in [6.45, 7) is 5.88. The molecule has 0 aliphatic carbocycles. The number of nitrogens with zero attached hydrogens (tertiary/aromatic N) is 3. The molecule has 1 aliphatic rings. The van der Waals surface area contributed by atoms with Gasteiger partial charge >= 0.3 is 0 Å². The van der Waals surface area contributed by atoms with Gasteiger partial charge in [0.25, 0.3) is 0 Å². The molecule has 0 aromatic carbocycles. The minimum absolute atomic E-state index is 0.108. The molecule has 25 heavy (non-hydrogen) atoms. The van der Waals surface area contributed by atoms with Gasteiger partial charge in [-0.25, -0.2) is 0 Å². The molecule has 2 aromatic rings. The van der Waals surface area contributed by atoms with Crippen LogP contribution in [0.5, 0.6) is 0 Å². The van der Waals surface area contributed by atoms with Crippen LogP contribution in [-0.4, -0.2) is 45.4 Å². The van der Waals surface area contributed by atoms with E-state index in [1.165, 1.54) is 11.5 Å². The van der Waals surface area contributed by atoms with Crippen LogP contribution in [0.3, 0.4) is 0 Å². The Morgan fingerprint density at radius 1 is 1.48 bits per heavy atom. The van der Waals surface area contributed by atoms with Crippen molar-refractivity contribution in [1.82, 2.24) is 25.1 Å². The number of hydrogen-bond acceptors (Lipinski definition) is 7. The highest BCUT2D eigenvalue weighted by atomic mass is 32.1. The molecular weight excluding hydrogens is 342 g/mol. The average Bonchev–Trinajstić information content (AvgIpc) is 3.17. The first-order valence-electron chi connectivity index (χ1n) is 8.14. The van der Waals surface area contributed by atoms with Crippen molar-refractivity contribution in [2.45, 2.75) is 39.4 Å². The molecule has 0 saturated carbocycles. The summed E-state index contributed by atoms with van der Waals surface area (Å²) in [5.41, 5.74) is 0.815. The van der Waals surface area contributed by atoms with Crippen molar-refractivity contribution in [2.24, 2.45) is 0 Å². The van der Waals surface area contributed by atoms with Gasteiger partial charge in [-0.15, -0.1) is 5.10 Å². The molecule has 1 fully saturated rings. The lowest BCUT2D eigenvalue weighted by Gasteiger charge is -2.34. The SMILES string of the molecule is Cc1ccc(CN2CCNC(=O)[C@@H]2CC(=O)NCc2snnc2C)o1. The van der Waals surface area contributed by atoms with Crippen LogP contribution in [-0.2, 0) is 22.7 Å². The van der Waals surface area contributed by atoms with Gasteiger partial charge in [0, 0.05) is 13.1 Å². The van der Waals surface area contributed by atoms with Crippen molar-refractivity contribution in [3.8, 4) is 0 Å². The number of furan rings is 1. The Balaban J connectivity index is 1.59. The van der Waals surface area contributed by atoms with E-state index in [2.05, 4.69) is 20.2 Å². The lowest BCUT2D eigenvalue weighted by Crippen LogP contribution is -2.56. The second kappa shape index (κ2) is 7.75. The fourth-order valence-corrected chi connectivity index (χ4v) is 3.35. The molecule has 2 N–H and O–H groups in total. The van der Waals surface area contributed by atoms with Crippen LogP contribution in [0.2, 0.25) is 0 Å². The highest BCUT2D eigenvalue weighted by molar-refractivity contribution is 7.05. The summed E-state index contributed by atoms with van der Waals surface area (Å²) in [5.74, 6) is 1.33. The molecule has 1 saturated heterocycles. The second-order valence-corrected chi connectivity index (χ2v) is 6.89. The van der Waals surface area contributed by atoms with Crippen LogP contribution in [0.15, 0.2) is 16.5 Å². The summed E-state index contributed by atoms with van der Waals surface area (Å²) < 4.78 is 9.44. The first-order valence-corrected chi connectivity index (χ1v) is 8.92. The smallest absolute Gasteiger partial charge is 0.237 e. The molecule has 8 nitrogen and oxygen atoms in total. The molecule has 3 rings (SSSR count). The van der Waals surface area contributed by atoms with Crippen LogP contribution < -0.4 is 10.6 Å². The van der Waals surface area contributed by atoms with E-state index in [1.807, 2.05) is 30.9 Å². The number of aromatic nitrogens is 2. The molecule has 1 atom stereocenters. The summed E-state index contributed by atoms with van der Waals surface area (Å²) in [6, 6.07) is 3.30. The van der Waals surface area contributed by atoms with Gasteiger partial charge in [-0.05, 0) is 37.5 Å². The topological polar surface area (TPSA) is 100 Å². The zero-order valence-corrected chi connectivity index (χ0v) is 15.1. The van der Waals surface area contributed by atoms with Gasteiger partial charge in [-0.3, -0.25) is 14.5 Å². The standard InChI is InChI=1S/C16H21N5O3S/c1-10-3-4-12(24-10)9-21-6-5-17-16(23)13(21)7-15(22)18-8-14-11(2)19-20-25-14/h3-4,13H,5-9H2,1-2H3,(H,17,23)(H,18,22)/t13-/m0/s1. The molecule has 0 spiro atoms. The van der Waals surface area contributed by atoms with Crippen LogP contribution in [0.1, 0.15) is 28.5 Å². The number of nitrogens with one attached hydrogen (secondary N) is 2. The maximum absolute atomic E-state index is 12.3. The Bertz CT molecular complexity index is 757. The van der Waals surface area contributed by atoms with E-state index in [1.54, 1.807) is 0 Å². The predicted octanol–water partition coefficient (Wildman–Crippen LogP) is 0.755. The van der Waals surface area contributed by atoms with Crippen molar-refractivity contribution < 1.29 is 14.0 Å². The quantitative estimate of drug-likeness (QED) is 0.786. The van der Waals surface area contributed by atoms with E-state index in [-0.39, 0.29) is 18.2 Å². The van der Waals surface area contributed by atoms with Crippen LogP contribution in [0.4, 0.5) is 0 Å². The van der Waals surface area contributed by atoms with Crippen molar-refractivity contribution in [3.05, 3.63) is 34.2 Å². The third kappa shape index (κ3) is 4.43. The second-order valence-electron chi connectivity index (χ2n) is 6.05. The highest BCUT2D eigenvalue weighted by Crippen LogP contribution is 2.16. The van der Waals surface area contributed by atoms with E-state index in [9.17, 15) is 9.59 Å². The van der Waals surface area contributed by atoms with Crippen LogP contribution >= 0.6 is 11.5 Å². The number of hydrogen-bond donors (Lipinski definition) is 2. The average molecular weight is 363 g/mol. The third-order valence-corrected chi connectivity index (χ3v) is 4.99. The van der Waals surface area contributed by atoms with Crippen molar-refractivity contribution in [2.75, 3.05) is 13.1 Å². The fraction of sp³-hybridized carbons (Fsp3) is 0.500. The maximum atomic E-state index is 12.3. The summed E-state index contributed by atoms with van der Waals surface area (Å²) in [4.78, 5) is 27.4. The monoisotopic (exact) mass is 363 g/mol. The molecule has 9 heteroatoms.